The highest BCUT2D eigenvalue weighted by molar-refractivity contribution is 5.94. The average Bonchev–Trinajstić information content (AvgIpc) is 2.61. The van der Waals surface area contributed by atoms with Crippen molar-refractivity contribution >= 4 is 34.8 Å². The molecule has 0 unspecified atom stereocenters. The van der Waals surface area contributed by atoms with Crippen molar-refractivity contribution in [1.82, 2.24) is 0 Å². The summed E-state index contributed by atoms with van der Waals surface area (Å²) in [6.07, 6.45) is -5.44. The van der Waals surface area contributed by atoms with Gasteiger partial charge in [0.05, 0.1) is 32.1 Å². The van der Waals surface area contributed by atoms with Gasteiger partial charge in [0.2, 0.25) is 6.41 Å². The van der Waals surface area contributed by atoms with E-state index in [0.29, 0.717) is 6.07 Å². The number of benzene rings is 2. The number of nitro groups is 3. The fourth-order valence-electron chi connectivity index (χ4n) is 2.57. The van der Waals surface area contributed by atoms with E-state index in [1.807, 2.05) is 0 Å². The van der Waals surface area contributed by atoms with Crippen LogP contribution in [0.25, 0.3) is 0 Å². The summed E-state index contributed by atoms with van der Waals surface area (Å²) in [5, 5.41) is 33.1. The Morgan fingerprint density at radius 3 is 1.93 bits per heavy atom. The Kier molecular flexibility index (Phi) is 5.48. The molecule has 1 amide bonds. The van der Waals surface area contributed by atoms with Crippen LogP contribution < -0.4 is 4.90 Å². The lowest BCUT2D eigenvalue weighted by molar-refractivity contribution is -0.394. The van der Waals surface area contributed by atoms with E-state index in [2.05, 4.69) is 0 Å². The van der Waals surface area contributed by atoms with Crippen LogP contribution in [-0.2, 0) is 11.0 Å². The first kappa shape index (κ1) is 21.2. The van der Waals surface area contributed by atoms with E-state index in [-0.39, 0.29) is 28.6 Å². The van der Waals surface area contributed by atoms with Gasteiger partial charge in [-0.25, -0.2) is 0 Å². The molecular formula is C15H9F3N4O7. The molecule has 2 rings (SSSR count). The molecule has 14 heteroatoms. The fraction of sp³-hybridized carbons (Fsp3) is 0.133. The van der Waals surface area contributed by atoms with E-state index < -0.39 is 49.3 Å². The number of halogens is 3. The van der Waals surface area contributed by atoms with Gasteiger partial charge in [-0.1, -0.05) is 0 Å². The number of carbonyl (C=O) groups is 1. The molecular weight excluding hydrogens is 405 g/mol. The number of hydrogen-bond donors (Lipinski definition) is 0. The summed E-state index contributed by atoms with van der Waals surface area (Å²) in [5.74, 6) is 0. The SMILES string of the molecule is Cc1cc([N+](=O)[O-])ccc1N(C=O)c1c([N+](=O)[O-])cc([N+](=O)[O-])cc1C(F)(F)F. The minimum atomic E-state index is -5.29. The maximum Gasteiger partial charge on any atom is 0.418 e. The second-order valence-electron chi connectivity index (χ2n) is 5.58. The van der Waals surface area contributed by atoms with Crippen molar-refractivity contribution < 1.29 is 32.7 Å². The van der Waals surface area contributed by atoms with Crippen molar-refractivity contribution in [3.63, 3.8) is 0 Å². The smallest absolute Gasteiger partial charge is 0.278 e. The number of hydrogen-bond acceptors (Lipinski definition) is 7. The average molecular weight is 414 g/mol. The van der Waals surface area contributed by atoms with Gasteiger partial charge in [0, 0.05) is 18.2 Å². The molecule has 0 spiro atoms. The van der Waals surface area contributed by atoms with Crippen molar-refractivity contribution in [2.45, 2.75) is 13.1 Å². The van der Waals surface area contributed by atoms with E-state index in [9.17, 15) is 48.3 Å². The zero-order valence-corrected chi connectivity index (χ0v) is 14.2. The third kappa shape index (κ3) is 4.10. The molecule has 0 aliphatic rings. The first-order valence-electron chi connectivity index (χ1n) is 7.42. The molecule has 0 bridgehead atoms. The number of aryl methyl sites for hydroxylation is 1. The summed E-state index contributed by atoms with van der Waals surface area (Å²) in [4.78, 5) is 41.6. The van der Waals surface area contributed by atoms with Gasteiger partial charge in [0.25, 0.3) is 11.4 Å². The monoisotopic (exact) mass is 414 g/mol. The van der Waals surface area contributed by atoms with E-state index in [0.717, 1.165) is 18.2 Å². The third-order valence-corrected chi connectivity index (χ3v) is 3.78. The predicted molar refractivity (Wildman–Crippen MR) is 90.8 cm³/mol. The molecule has 0 N–H and O–H groups in total. The van der Waals surface area contributed by atoms with Crippen molar-refractivity contribution in [2.24, 2.45) is 0 Å². The van der Waals surface area contributed by atoms with Crippen molar-refractivity contribution in [1.29, 1.82) is 0 Å². The maximum atomic E-state index is 13.5. The van der Waals surface area contributed by atoms with E-state index in [1.165, 1.54) is 6.92 Å². The second-order valence-corrected chi connectivity index (χ2v) is 5.58. The molecule has 0 atom stereocenters. The number of anilines is 2. The van der Waals surface area contributed by atoms with Crippen LogP contribution in [0.3, 0.4) is 0 Å². The highest BCUT2D eigenvalue weighted by Gasteiger charge is 2.42. The molecule has 0 saturated heterocycles. The first-order valence-corrected chi connectivity index (χ1v) is 7.42. The van der Waals surface area contributed by atoms with Crippen LogP contribution >= 0.6 is 0 Å². The summed E-state index contributed by atoms with van der Waals surface area (Å²) in [5.41, 5.74) is -6.34. The third-order valence-electron chi connectivity index (χ3n) is 3.78. The molecule has 0 aliphatic carbocycles. The number of amides is 1. The molecule has 0 saturated carbocycles. The van der Waals surface area contributed by atoms with E-state index in [1.54, 1.807) is 0 Å². The fourth-order valence-corrected chi connectivity index (χ4v) is 2.57. The minimum Gasteiger partial charge on any atom is -0.278 e. The Bertz CT molecular complexity index is 1040. The summed E-state index contributed by atoms with van der Waals surface area (Å²) in [6, 6.07) is 3.15. The van der Waals surface area contributed by atoms with Gasteiger partial charge in [-0.05, 0) is 18.6 Å². The lowest BCUT2D eigenvalue weighted by Crippen LogP contribution is -2.22. The first-order chi connectivity index (χ1) is 13.4. The van der Waals surface area contributed by atoms with Crippen LogP contribution in [0.15, 0.2) is 30.3 Å². The molecule has 0 fully saturated rings. The Morgan fingerprint density at radius 2 is 1.52 bits per heavy atom. The molecule has 11 nitrogen and oxygen atoms in total. The van der Waals surface area contributed by atoms with Crippen LogP contribution in [0.4, 0.5) is 41.6 Å². The summed E-state index contributed by atoms with van der Waals surface area (Å²) >= 11 is 0. The lowest BCUT2D eigenvalue weighted by atomic mass is 10.1. The Labute approximate surface area is 158 Å². The van der Waals surface area contributed by atoms with E-state index >= 15 is 0 Å². The van der Waals surface area contributed by atoms with Gasteiger partial charge in [-0.3, -0.25) is 40.0 Å². The predicted octanol–water partition coefficient (Wildman–Crippen LogP) is 4.03. The quantitative estimate of drug-likeness (QED) is 0.393. The van der Waals surface area contributed by atoms with Crippen molar-refractivity contribution in [3.8, 4) is 0 Å². The van der Waals surface area contributed by atoms with Crippen LogP contribution in [0.2, 0.25) is 0 Å². The lowest BCUT2D eigenvalue weighted by Gasteiger charge is -2.23. The molecule has 2 aromatic carbocycles. The van der Waals surface area contributed by atoms with Crippen molar-refractivity contribution in [2.75, 3.05) is 4.90 Å². The maximum absolute atomic E-state index is 13.5. The molecule has 0 aromatic heterocycles. The minimum absolute atomic E-state index is 0.0351. The Balaban J connectivity index is 2.89. The van der Waals surface area contributed by atoms with Crippen LogP contribution in [-0.4, -0.2) is 21.2 Å². The van der Waals surface area contributed by atoms with Crippen molar-refractivity contribution in [3.05, 3.63) is 71.8 Å². The number of non-ortho nitro benzene ring substituents is 2. The summed E-state index contributed by atoms with van der Waals surface area (Å²) < 4.78 is 40.6. The van der Waals surface area contributed by atoms with Crippen LogP contribution in [0.1, 0.15) is 11.1 Å². The second kappa shape index (κ2) is 7.49. The van der Waals surface area contributed by atoms with Gasteiger partial charge in [-0.15, -0.1) is 0 Å². The highest BCUT2D eigenvalue weighted by atomic mass is 19.4. The van der Waals surface area contributed by atoms with Gasteiger partial charge >= 0.3 is 11.9 Å². The van der Waals surface area contributed by atoms with Crippen LogP contribution in [0, 0.1) is 37.3 Å². The summed E-state index contributed by atoms with van der Waals surface area (Å²) in [7, 11) is 0. The highest BCUT2D eigenvalue weighted by Crippen LogP contribution is 2.46. The number of nitrogens with zero attached hydrogens (tertiary/aromatic N) is 4. The molecule has 0 aliphatic heterocycles. The number of rotatable bonds is 6. The molecule has 2 aromatic rings. The summed E-state index contributed by atoms with van der Waals surface area (Å²) in [6.45, 7) is 1.24. The van der Waals surface area contributed by atoms with E-state index in [4.69, 9.17) is 0 Å². The van der Waals surface area contributed by atoms with Gasteiger partial charge in [-0.2, -0.15) is 13.2 Å². The standard InChI is InChI=1S/C15H9F3N4O7/c1-8-4-9(20(24)25)2-3-12(8)19(7-23)14-11(15(16,17)18)5-10(21(26)27)6-13(14)22(28)29/h2-7H,1H3. The topological polar surface area (TPSA) is 150 Å². The number of carbonyl (C=O) groups excluding carboxylic acids is 1. The van der Waals surface area contributed by atoms with Gasteiger partial charge < -0.3 is 0 Å². The zero-order chi connectivity index (χ0) is 22.1. The van der Waals surface area contributed by atoms with Crippen LogP contribution in [0.5, 0.6) is 0 Å². The molecule has 0 heterocycles. The Hall–Kier alpha value is -4.10. The van der Waals surface area contributed by atoms with Gasteiger partial charge in [0.1, 0.15) is 5.69 Å². The molecule has 152 valence electrons. The zero-order valence-electron chi connectivity index (χ0n) is 14.2. The number of nitro benzene ring substituents is 3. The number of alkyl halides is 3. The van der Waals surface area contributed by atoms with Gasteiger partial charge in [0.15, 0.2) is 0 Å². The Morgan fingerprint density at radius 1 is 0.931 bits per heavy atom. The largest absolute Gasteiger partial charge is 0.418 e. The normalized spacial score (nSPS) is 11.0. The molecule has 29 heavy (non-hydrogen) atoms. The molecule has 0 radical (unpaired) electrons.